The first-order valence-corrected chi connectivity index (χ1v) is 7.87. The highest BCUT2D eigenvalue weighted by Gasteiger charge is 2.37. The summed E-state index contributed by atoms with van der Waals surface area (Å²) in [7, 11) is 0. The molecule has 0 bridgehead atoms. The topological polar surface area (TPSA) is 50.4 Å². The molecule has 2 saturated heterocycles. The van der Waals surface area contributed by atoms with Crippen molar-refractivity contribution in [2.75, 3.05) is 26.2 Å². The largest absolute Gasteiger partial charge is 0.378 e. The van der Waals surface area contributed by atoms with Crippen LogP contribution in [0, 0.1) is 5.41 Å². The van der Waals surface area contributed by atoms with Crippen molar-refractivity contribution in [2.24, 2.45) is 5.41 Å². The fourth-order valence-corrected chi connectivity index (χ4v) is 3.22. The third kappa shape index (κ3) is 3.93. The highest BCUT2D eigenvalue weighted by molar-refractivity contribution is 5.82. The second-order valence-corrected chi connectivity index (χ2v) is 5.92. The molecule has 0 aromatic heterocycles. The zero-order chi connectivity index (χ0) is 13.6. The number of piperidine rings is 1. The van der Waals surface area contributed by atoms with Gasteiger partial charge in [0.25, 0.3) is 0 Å². The Labute approximate surface area is 116 Å². The first kappa shape index (κ1) is 14.8. The standard InChI is InChI=1S/C15H28N2O2/c1-2-15(7-10-16-11-8-15)14(18)17-9-6-13-5-3-4-12-19-13/h13,16H,2-12H2,1H3,(H,17,18). The van der Waals surface area contributed by atoms with Crippen LogP contribution in [-0.4, -0.2) is 38.3 Å². The molecule has 4 heteroatoms. The van der Waals surface area contributed by atoms with E-state index >= 15 is 0 Å². The molecule has 1 amide bonds. The maximum absolute atomic E-state index is 12.4. The minimum atomic E-state index is -0.126. The van der Waals surface area contributed by atoms with Gasteiger partial charge in [0.05, 0.1) is 11.5 Å². The quantitative estimate of drug-likeness (QED) is 0.800. The van der Waals surface area contributed by atoms with Gasteiger partial charge in [0, 0.05) is 13.2 Å². The molecule has 0 spiro atoms. The van der Waals surface area contributed by atoms with Gasteiger partial charge in [0.2, 0.25) is 5.91 Å². The summed E-state index contributed by atoms with van der Waals surface area (Å²) in [6.07, 6.45) is 7.81. The van der Waals surface area contributed by atoms with Crippen molar-refractivity contribution >= 4 is 5.91 Å². The van der Waals surface area contributed by atoms with Crippen LogP contribution in [0.5, 0.6) is 0 Å². The van der Waals surface area contributed by atoms with Gasteiger partial charge in [-0.2, -0.15) is 0 Å². The van der Waals surface area contributed by atoms with Gasteiger partial charge >= 0.3 is 0 Å². The fourth-order valence-electron chi connectivity index (χ4n) is 3.22. The number of nitrogens with one attached hydrogen (secondary N) is 2. The molecule has 1 atom stereocenters. The molecule has 0 saturated carbocycles. The summed E-state index contributed by atoms with van der Waals surface area (Å²) in [6.45, 7) is 5.72. The molecule has 2 heterocycles. The van der Waals surface area contributed by atoms with E-state index in [4.69, 9.17) is 4.74 Å². The summed E-state index contributed by atoms with van der Waals surface area (Å²) < 4.78 is 5.70. The summed E-state index contributed by atoms with van der Waals surface area (Å²) in [5, 5.41) is 6.48. The first-order valence-electron chi connectivity index (χ1n) is 7.87. The number of hydrogen-bond donors (Lipinski definition) is 2. The summed E-state index contributed by atoms with van der Waals surface area (Å²) in [5.41, 5.74) is -0.126. The molecule has 0 aliphatic carbocycles. The van der Waals surface area contributed by atoms with Gasteiger partial charge in [-0.05, 0) is 58.0 Å². The first-order chi connectivity index (χ1) is 9.27. The van der Waals surface area contributed by atoms with Crippen molar-refractivity contribution in [3.63, 3.8) is 0 Å². The van der Waals surface area contributed by atoms with E-state index in [-0.39, 0.29) is 11.3 Å². The molecule has 2 N–H and O–H groups in total. The van der Waals surface area contributed by atoms with Gasteiger partial charge in [-0.25, -0.2) is 0 Å². The number of carbonyl (C=O) groups is 1. The Kier molecular flexibility index (Phi) is 5.64. The van der Waals surface area contributed by atoms with Crippen LogP contribution < -0.4 is 10.6 Å². The molecule has 2 aliphatic heterocycles. The van der Waals surface area contributed by atoms with Crippen LogP contribution in [0.4, 0.5) is 0 Å². The lowest BCUT2D eigenvalue weighted by Crippen LogP contribution is -2.47. The predicted molar refractivity (Wildman–Crippen MR) is 76.0 cm³/mol. The lowest BCUT2D eigenvalue weighted by atomic mass is 9.76. The number of ether oxygens (including phenoxy) is 1. The minimum absolute atomic E-state index is 0.126. The van der Waals surface area contributed by atoms with Crippen LogP contribution in [0.25, 0.3) is 0 Å². The number of amides is 1. The lowest BCUT2D eigenvalue weighted by molar-refractivity contribution is -0.133. The molecular formula is C15H28N2O2. The second-order valence-electron chi connectivity index (χ2n) is 5.92. The maximum atomic E-state index is 12.4. The van der Waals surface area contributed by atoms with E-state index in [2.05, 4.69) is 17.6 Å². The fraction of sp³-hybridized carbons (Fsp3) is 0.933. The molecule has 2 aliphatic rings. The Balaban J connectivity index is 1.73. The average Bonchev–Trinajstić information content (AvgIpc) is 2.49. The summed E-state index contributed by atoms with van der Waals surface area (Å²) in [4.78, 5) is 12.4. The molecule has 4 nitrogen and oxygen atoms in total. The molecule has 0 aromatic carbocycles. The highest BCUT2D eigenvalue weighted by Crippen LogP contribution is 2.32. The van der Waals surface area contributed by atoms with Crippen molar-refractivity contribution in [2.45, 2.75) is 58.0 Å². The predicted octanol–water partition coefficient (Wildman–Crippen LogP) is 1.84. The lowest BCUT2D eigenvalue weighted by Gasteiger charge is -2.35. The molecular weight excluding hydrogens is 240 g/mol. The Bertz CT molecular complexity index is 282. The van der Waals surface area contributed by atoms with E-state index in [0.717, 1.165) is 58.3 Å². The molecule has 2 rings (SSSR count). The normalized spacial score (nSPS) is 26.9. The van der Waals surface area contributed by atoms with Crippen LogP contribution in [0.2, 0.25) is 0 Å². The number of hydrogen-bond acceptors (Lipinski definition) is 3. The van der Waals surface area contributed by atoms with E-state index in [1.807, 2.05) is 0 Å². The van der Waals surface area contributed by atoms with E-state index in [9.17, 15) is 4.79 Å². The molecule has 110 valence electrons. The van der Waals surface area contributed by atoms with Gasteiger partial charge in [0.1, 0.15) is 0 Å². The molecule has 1 unspecified atom stereocenters. The van der Waals surface area contributed by atoms with Crippen LogP contribution >= 0.6 is 0 Å². The zero-order valence-corrected chi connectivity index (χ0v) is 12.2. The van der Waals surface area contributed by atoms with Gasteiger partial charge < -0.3 is 15.4 Å². The third-order valence-corrected chi connectivity index (χ3v) is 4.74. The van der Waals surface area contributed by atoms with E-state index in [1.54, 1.807) is 0 Å². The van der Waals surface area contributed by atoms with Gasteiger partial charge in [-0.15, -0.1) is 0 Å². The monoisotopic (exact) mass is 268 g/mol. The number of carbonyl (C=O) groups excluding carboxylic acids is 1. The summed E-state index contributed by atoms with van der Waals surface area (Å²) >= 11 is 0. The van der Waals surface area contributed by atoms with Crippen molar-refractivity contribution in [3.05, 3.63) is 0 Å². The van der Waals surface area contributed by atoms with Crippen LogP contribution in [0.3, 0.4) is 0 Å². The van der Waals surface area contributed by atoms with Crippen molar-refractivity contribution in [1.82, 2.24) is 10.6 Å². The van der Waals surface area contributed by atoms with Gasteiger partial charge in [0.15, 0.2) is 0 Å². The summed E-state index contributed by atoms with van der Waals surface area (Å²) in [6, 6.07) is 0. The van der Waals surface area contributed by atoms with Crippen LogP contribution in [-0.2, 0) is 9.53 Å². The van der Waals surface area contributed by atoms with E-state index < -0.39 is 0 Å². The minimum Gasteiger partial charge on any atom is -0.378 e. The zero-order valence-electron chi connectivity index (χ0n) is 12.2. The number of rotatable bonds is 5. The molecule has 19 heavy (non-hydrogen) atoms. The van der Waals surface area contributed by atoms with Crippen molar-refractivity contribution in [3.8, 4) is 0 Å². The molecule has 0 aromatic rings. The van der Waals surface area contributed by atoms with E-state index in [0.29, 0.717) is 6.10 Å². The Morgan fingerprint density at radius 2 is 2.16 bits per heavy atom. The SMILES string of the molecule is CCC1(C(=O)NCCC2CCCCO2)CCNCC1. The van der Waals surface area contributed by atoms with Gasteiger partial charge in [-0.3, -0.25) is 4.79 Å². The maximum Gasteiger partial charge on any atom is 0.226 e. The Morgan fingerprint density at radius 1 is 1.37 bits per heavy atom. The average molecular weight is 268 g/mol. The van der Waals surface area contributed by atoms with Crippen molar-refractivity contribution < 1.29 is 9.53 Å². The van der Waals surface area contributed by atoms with E-state index in [1.165, 1.54) is 12.8 Å². The highest BCUT2D eigenvalue weighted by atomic mass is 16.5. The second kappa shape index (κ2) is 7.25. The summed E-state index contributed by atoms with van der Waals surface area (Å²) in [5.74, 6) is 0.257. The third-order valence-electron chi connectivity index (χ3n) is 4.74. The van der Waals surface area contributed by atoms with Crippen LogP contribution in [0.15, 0.2) is 0 Å². The Morgan fingerprint density at radius 3 is 2.79 bits per heavy atom. The molecule has 2 fully saturated rings. The van der Waals surface area contributed by atoms with Gasteiger partial charge in [-0.1, -0.05) is 6.92 Å². The van der Waals surface area contributed by atoms with Crippen molar-refractivity contribution in [1.29, 1.82) is 0 Å². The smallest absolute Gasteiger partial charge is 0.226 e. The Hall–Kier alpha value is -0.610. The van der Waals surface area contributed by atoms with Crippen LogP contribution in [0.1, 0.15) is 51.9 Å². The molecule has 0 radical (unpaired) electrons.